The largest absolute Gasteiger partial charge is 0.495 e. The van der Waals surface area contributed by atoms with Gasteiger partial charge in [-0.2, -0.15) is 0 Å². The van der Waals surface area contributed by atoms with Gasteiger partial charge in [0.25, 0.3) is 5.91 Å². The van der Waals surface area contributed by atoms with Crippen molar-refractivity contribution in [3.8, 4) is 5.75 Å². The van der Waals surface area contributed by atoms with Crippen molar-refractivity contribution in [3.63, 3.8) is 0 Å². The minimum absolute atomic E-state index is 0.379. The highest BCUT2D eigenvalue weighted by molar-refractivity contribution is 9.10. The van der Waals surface area contributed by atoms with Crippen LogP contribution in [0.3, 0.4) is 0 Å². The number of hydrogen-bond donors (Lipinski definition) is 1. The van der Waals surface area contributed by atoms with Gasteiger partial charge in [-0.25, -0.2) is 4.79 Å². The molecule has 0 spiro atoms. The molecule has 0 saturated carbocycles. The highest BCUT2D eigenvalue weighted by Crippen LogP contribution is 2.25. The quantitative estimate of drug-likeness (QED) is 0.585. The fraction of sp³-hybridized carbons (Fsp3) is 0.158. The van der Waals surface area contributed by atoms with Gasteiger partial charge in [0.15, 0.2) is 6.61 Å². The summed E-state index contributed by atoms with van der Waals surface area (Å²) in [5.74, 6) is -0.493. The Morgan fingerprint density at radius 3 is 2.68 bits per heavy atom. The van der Waals surface area contributed by atoms with Crippen molar-refractivity contribution in [3.05, 3.63) is 64.1 Å². The molecule has 0 atom stereocenters. The van der Waals surface area contributed by atoms with Crippen LogP contribution in [0.4, 0.5) is 5.69 Å². The van der Waals surface area contributed by atoms with Crippen molar-refractivity contribution in [1.29, 1.82) is 0 Å². The van der Waals surface area contributed by atoms with Crippen LogP contribution in [0.15, 0.2) is 53.0 Å². The van der Waals surface area contributed by atoms with Gasteiger partial charge in [0.2, 0.25) is 0 Å². The molecule has 0 radical (unpaired) electrons. The predicted octanol–water partition coefficient (Wildman–Crippen LogP) is 3.96. The van der Waals surface area contributed by atoms with Gasteiger partial charge < -0.3 is 14.8 Å². The van der Waals surface area contributed by atoms with Crippen LogP contribution in [0, 0.1) is 6.92 Å². The molecule has 6 heteroatoms. The zero-order valence-corrected chi connectivity index (χ0v) is 15.5. The molecule has 2 rings (SSSR count). The molecular weight excluding hydrogens is 386 g/mol. The van der Waals surface area contributed by atoms with E-state index in [9.17, 15) is 9.59 Å². The lowest BCUT2D eigenvalue weighted by molar-refractivity contribution is -0.142. The molecule has 0 aliphatic carbocycles. The van der Waals surface area contributed by atoms with Crippen LogP contribution in [-0.4, -0.2) is 25.6 Å². The lowest BCUT2D eigenvalue weighted by atomic mass is 10.2. The Kier molecular flexibility index (Phi) is 6.77. The molecule has 0 aliphatic heterocycles. The normalized spacial score (nSPS) is 10.5. The highest BCUT2D eigenvalue weighted by Gasteiger charge is 2.09. The second-order valence-corrected chi connectivity index (χ2v) is 6.07. The Labute approximate surface area is 154 Å². The summed E-state index contributed by atoms with van der Waals surface area (Å²) in [5.41, 5.74) is 2.35. The summed E-state index contributed by atoms with van der Waals surface area (Å²) in [6, 6.07) is 12.9. The van der Waals surface area contributed by atoms with Crippen molar-refractivity contribution >= 4 is 39.6 Å². The predicted molar refractivity (Wildman–Crippen MR) is 100 cm³/mol. The minimum atomic E-state index is -0.595. The summed E-state index contributed by atoms with van der Waals surface area (Å²) in [7, 11) is 1.52. The third-order valence-corrected chi connectivity index (χ3v) is 4.00. The third-order valence-electron chi connectivity index (χ3n) is 3.28. The number of hydrogen-bond acceptors (Lipinski definition) is 4. The molecular formula is C19H18BrNO4. The molecule has 1 amide bonds. The van der Waals surface area contributed by atoms with E-state index < -0.39 is 11.9 Å². The van der Waals surface area contributed by atoms with E-state index in [0.717, 1.165) is 15.6 Å². The lowest BCUT2D eigenvalue weighted by Gasteiger charge is -2.10. The number of carbonyl (C=O) groups excluding carboxylic acids is 2. The molecule has 0 heterocycles. The molecule has 25 heavy (non-hydrogen) atoms. The number of ether oxygens (including phenoxy) is 2. The Bertz CT molecular complexity index is 802. The molecule has 2 aromatic carbocycles. The topological polar surface area (TPSA) is 64.6 Å². The first kappa shape index (κ1) is 18.7. The molecule has 130 valence electrons. The summed E-state index contributed by atoms with van der Waals surface area (Å²) >= 11 is 3.39. The fourth-order valence-electron chi connectivity index (χ4n) is 2.06. The van der Waals surface area contributed by atoms with Crippen molar-refractivity contribution in [1.82, 2.24) is 0 Å². The molecule has 0 aliphatic rings. The maximum Gasteiger partial charge on any atom is 0.331 e. The van der Waals surface area contributed by atoms with Crippen LogP contribution in [0.25, 0.3) is 6.08 Å². The summed E-state index contributed by atoms with van der Waals surface area (Å²) < 4.78 is 11.0. The third kappa shape index (κ3) is 5.76. The van der Waals surface area contributed by atoms with Gasteiger partial charge in [-0.1, -0.05) is 40.2 Å². The van der Waals surface area contributed by atoms with Gasteiger partial charge in [0, 0.05) is 10.5 Å². The van der Waals surface area contributed by atoms with Crippen LogP contribution < -0.4 is 10.1 Å². The molecule has 0 saturated heterocycles. The van der Waals surface area contributed by atoms with E-state index >= 15 is 0 Å². The average molecular weight is 404 g/mol. The maximum absolute atomic E-state index is 11.9. The van der Waals surface area contributed by atoms with Crippen molar-refractivity contribution in [2.75, 3.05) is 19.0 Å². The second kappa shape index (κ2) is 9.03. The number of benzene rings is 2. The number of rotatable bonds is 6. The van der Waals surface area contributed by atoms with Crippen LogP contribution in [0.1, 0.15) is 11.1 Å². The number of methoxy groups -OCH3 is 1. The van der Waals surface area contributed by atoms with E-state index in [-0.39, 0.29) is 6.61 Å². The number of nitrogens with one attached hydrogen (secondary N) is 1. The van der Waals surface area contributed by atoms with E-state index in [1.165, 1.54) is 13.2 Å². The van der Waals surface area contributed by atoms with Gasteiger partial charge in [0.05, 0.1) is 12.8 Å². The van der Waals surface area contributed by atoms with Crippen molar-refractivity contribution in [2.24, 2.45) is 0 Å². The Morgan fingerprint density at radius 1 is 1.20 bits per heavy atom. The second-order valence-electron chi connectivity index (χ2n) is 5.21. The Hall–Kier alpha value is -2.60. The number of anilines is 1. The van der Waals surface area contributed by atoms with E-state index in [1.54, 1.807) is 18.2 Å². The van der Waals surface area contributed by atoms with Crippen LogP contribution in [0.2, 0.25) is 0 Å². The van der Waals surface area contributed by atoms with Gasteiger partial charge in [-0.3, -0.25) is 4.79 Å². The zero-order chi connectivity index (χ0) is 18.2. The van der Waals surface area contributed by atoms with Crippen LogP contribution in [0.5, 0.6) is 5.75 Å². The number of amides is 1. The number of esters is 1. The highest BCUT2D eigenvalue weighted by atomic mass is 79.9. The fourth-order valence-corrected chi connectivity index (χ4v) is 2.48. The maximum atomic E-state index is 11.9. The standard InChI is InChI=1S/C19H18BrNO4/c1-13-7-9-17(24-2)16(11-13)21-18(22)12-25-19(23)10-8-14-5-3-4-6-15(14)20/h3-11H,12H2,1-2H3,(H,21,22)/b10-8+. The summed E-state index contributed by atoms with van der Waals surface area (Å²) in [4.78, 5) is 23.7. The van der Waals surface area contributed by atoms with E-state index in [0.29, 0.717) is 11.4 Å². The molecule has 0 aromatic heterocycles. The van der Waals surface area contributed by atoms with E-state index in [1.807, 2.05) is 37.3 Å². The average Bonchev–Trinajstić information content (AvgIpc) is 2.59. The smallest absolute Gasteiger partial charge is 0.331 e. The minimum Gasteiger partial charge on any atom is -0.495 e. The van der Waals surface area contributed by atoms with Gasteiger partial charge in [0.1, 0.15) is 5.75 Å². The number of carbonyl (C=O) groups is 2. The molecule has 0 fully saturated rings. The van der Waals surface area contributed by atoms with E-state index in [4.69, 9.17) is 9.47 Å². The van der Waals surface area contributed by atoms with Crippen molar-refractivity contribution < 1.29 is 19.1 Å². The first-order valence-electron chi connectivity index (χ1n) is 7.53. The lowest BCUT2D eigenvalue weighted by Crippen LogP contribution is -2.20. The summed E-state index contributed by atoms with van der Waals surface area (Å²) in [6.45, 7) is 1.53. The van der Waals surface area contributed by atoms with Crippen LogP contribution >= 0.6 is 15.9 Å². The number of halogens is 1. The Morgan fingerprint density at radius 2 is 1.96 bits per heavy atom. The molecule has 2 aromatic rings. The Balaban J connectivity index is 1.89. The molecule has 0 unspecified atom stereocenters. The first-order chi connectivity index (χ1) is 12.0. The van der Waals surface area contributed by atoms with E-state index in [2.05, 4.69) is 21.2 Å². The summed E-state index contributed by atoms with van der Waals surface area (Å²) in [6.07, 6.45) is 2.90. The van der Waals surface area contributed by atoms with Gasteiger partial charge in [-0.15, -0.1) is 0 Å². The molecule has 1 N–H and O–H groups in total. The molecule has 5 nitrogen and oxygen atoms in total. The van der Waals surface area contributed by atoms with Crippen molar-refractivity contribution in [2.45, 2.75) is 6.92 Å². The zero-order valence-electron chi connectivity index (χ0n) is 13.9. The van der Waals surface area contributed by atoms with Gasteiger partial charge in [-0.05, 0) is 42.3 Å². The summed E-state index contributed by atoms with van der Waals surface area (Å²) in [5, 5.41) is 2.67. The van der Waals surface area contributed by atoms with Gasteiger partial charge >= 0.3 is 5.97 Å². The first-order valence-corrected chi connectivity index (χ1v) is 8.33. The van der Waals surface area contributed by atoms with Crippen LogP contribution in [-0.2, 0) is 14.3 Å². The number of aryl methyl sites for hydroxylation is 1. The SMILES string of the molecule is COc1ccc(C)cc1NC(=O)COC(=O)/C=C/c1ccccc1Br. The monoisotopic (exact) mass is 403 g/mol. The molecule has 0 bridgehead atoms.